The molecule has 0 radical (unpaired) electrons. The predicted molar refractivity (Wildman–Crippen MR) is 63.6 cm³/mol. The van der Waals surface area contributed by atoms with Gasteiger partial charge in [-0.1, -0.05) is 18.2 Å². The minimum Gasteiger partial charge on any atom is -0.471 e. The van der Waals surface area contributed by atoms with Crippen molar-refractivity contribution in [2.75, 3.05) is 13.1 Å². The van der Waals surface area contributed by atoms with E-state index in [1.165, 1.54) is 6.26 Å². The molecule has 0 saturated carbocycles. The molecule has 0 bridgehead atoms. The summed E-state index contributed by atoms with van der Waals surface area (Å²) in [5, 5.41) is 1.96. The normalized spacial score (nSPS) is 16.5. The number of hydrazine groups is 1. The van der Waals surface area contributed by atoms with E-state index < -0.39 is 0 Å². The van der Waals surface area contributed by atoms with Crippen molar-refractivity contribution in [1.29, 1.82) is 0 Å². The zero-order chi connectivity index (χ0) is 11.7. The van der Waals surface area contributed by atoms with Gasteiger partial charge in [-0.25, -0.2) is 5.01 Å². The quantitative estimate of drug-likeness (QED) is 0.859. The second-order valence-corrected chi connectivity index (χ2v) is 4.32. The van der Waals surface area contributed by atoms with Crippen LogP contribution in [0.2, 0.25) is 0 Å². The second-order valence-electron chi connectivity index (χ2n) is 4.32. The highest BCUT2D eigenvalue weighted by Gasteiger charge is 2.19. The molecule has 2 heterocycles. The third-order valence-electron chi connectivity index (χ3n) is 3.13. The highest BCUT2D eigenvalue weighted by atomic mass is 16.3. The van der Waals surface area contributed by atoms with E-state index in [1.807, 2.05) is 23.2 Å². The molecule has 17 heavy (non-hydrogen) atoms. The lowest BCUT2D eigenvalue weighted by molar-refractivity contribution is 0.0824. The van der Waals surface area contributed by atoms with E-state index in [1.54, 1.807) is 6.26 Å². The maximum absolute atomic E-state index is 12.1. The van der Waals surface area contributed by atoms with Crippen LogP contribution in [-0.4, -0.2) is 24.0 Å². The monoisotopic (exact) mass is 230 g/mol. The van der Waals surface area contributed by atoms with E-state index in [4.69, 9.17) is 4.42 Å². The SMILES string of the molecule is O=C(NN1CCCC1)c1cocc2cccc1-2. The summed E-state index contributed by atoms with van der Waals surface area (Å²) < 4.78 is 5.19. The Balaban J connectivity index is 1.83. The molecule has 4 nitrogen and oxygen atoms in total. The molecule has 1 amide bonds. The van der Waals surface area contributed by atoms with E-state index in [-0.39, 0.29) is 5.91 Å². The van der Waals surface area contributed by atoms with Gasteiger partial charge in [0.1, 0.15) is 6.26 Å². The maximum atomic E-state index is 12.1. The fourth-order valence-corrected chi connectivity index (χ4v) is 2.23. The first-order chi connectivity index (χ1) is 8.34. The molecule has 3 rings (SSSR count). The van der Waals surface area contributed by atoms with E-state index in [0.717, 1.165) is 37.1 Å². The molecule has 0 spiro atoms. The molecular weight excluding hydrogens is 216 g/mol. The largest absolute Gasteiger partial charge is 0.471 e. The molecule has 0 aromatic carbocycles. The first-order valence-electron chi connectivity index (χ1n) is 5.85. The van der Waals surface area contributed by atoms with Gasteiger partial charge in [0, 0.05) is 24.2 Å². The van der Waals surface area contributed by atoms with E-state index in [9.17, 15) is 4.79 Å². The van der Waals surface area contributed by atoms with Crippen molar-refractivity contribution >= 4 is 5.91 Å². The average Bonchev–Trinajstić information content (AvgIpc) is 2.97. The Morgan fingerprint density at radius 3 is 2.88 bits per heavy atom. The van der Waals surface area contributed by atoms with Crippen LogP contribution in [0.25, 0.3) is 11.1 Å². The van der Waals surface area contributed by atoms with Crippen LogP contribution in [0.5, 0.6) is 0 Å². The number of carbonyl (C=O) groups is 1. The number of carbonyl (C=O) groups excluding carboxylic acids is 1. The Morgan fingerprint density at radius 2 is 2.06 bits per heavy atom. The first-order valence-corrected chi connectivity index (χ1v) is 5.85. The summed E-state index contributed by atoms with van der Waals surface area (Å²) in [6, 6.07) is 5.79. The van der Waals surface area contributed by atoms with Crippen molar-refractivity contribution in [2.45, 2.75) is 12.8 Å². The lowest BCUT2D eigenvalue weighted by atomic mass is 10.1. The molecule has 2 aliphatic heterocycles. The third kappa shape index (κ3) is 1.91. The molecule has 1 aliphatic carbocycles. The zero-order valence-electron chi connectivity index (χ0n) is 9.48. The molecule has 1 saturated heterocycles. The molecule has 0 aromatic heterocycles. The van der Waals surface area contributed by atoms with Crippen LogP contribution in [-0.2, 0) is 0 Å². The smallest absolute Gasteiger partial charge is 0.269 e. The summed E-state index contributed by atoms with van der Waals surface area (Å²) in [7, 11) is 0. The van der Waals surface area contributed by atoms with Crippen LogP contribution in [0.3, 0.4) is 0 Å². The molecule has 0 aromatic rings. The zero-order valence-corrected chi connectivity index (χ0v) is 9.48. The van der Waals surface area contributed by atoms with E-state index in [0.29, 0.717) is 5.56 Å². The van der Waals surface area contributed by atoms with Crippen LogP contribution >= 0.6 is 0 Å². The average molecular weight is 230 g/mol. The fraction of sp³-hybridized carbons (Fsp3) is 0.308. The van der Waals surface area contributed by atoms with Gasteiger partial charge in [-0.05, 0) is 12.8 Å². The minimum atomic E-state index is -0.0903. The van der Waals surface area contributed by atoms with Crippen LogP contribution < -0.4 is 5.43 Å². The van der Waals surface area contributed by atoms with Gasteiger partial charge in [0.25, 0.3) is 5.91 Å². The van der Waals surface area contributed by atoms with Crippen LogP contribution in [0.1, 0.15) is 23.2 Å². The van der Waals surface area contributed by atoms with Gasteiger partial charge in [0.05, 0.1) is 11.8 Å². The van der Waals surface area contributed by atoms with E-state index >= 15 is 0 Å². The van der Waals surface area contributed by atoms with Gasteiger partial charge in [-0.2, -0.15) is 0 Å². The Bertz CT molecular complexity index is 500. The number of hydrogen-bond acceptors (Lipinski definition) is 3. The van der Waals surface area contributed by atoms with Crippen molar-refractivity contribution < 1.29 is 9.21 Å². The summed E-state index contributed by atoms with van der Waals surface area (Å²) in [6.07, 6.45) is 5.45. The summed E-state index contributed by atoms with van der Waals surface area (Å²) in [4.78, 5) is 12.1. The summed E-state index contributed by atoms with van der Waals surface area (Å²) in [5.74, 6) is -0.0903. The van der Waals surface area contributed by atoms with Crippen molar-refractivity contribution in [3.8, 4) is 11.1 Å². The number of fused-ring (bicyclic) bond motifs is 1. The van der Waals surface area contributed by atoms with Crippen LogP contribution in [0.15, 0.2) is 35.1 Å². The number of hydrogen-bond donors (Lipinski definition) is 1. The summed E-state index contributed by atoms with van der Waals surface area (Å²) in [6.45, 7) is 1.86. The Hall–Kier alpha value is -1.81. The highest BCUT2D eigenvalue weighted by molar-refractivity contribution is 6.00. The van der Waals surface area contributed by atoms with Gasteiger partial charge in [-0.15, -0.1) is 0 Å². The van der Waals surface area contributed by atoms with Gasteiger partial charge in [0.15, 0.2) is 0 Å². The number of nitrogens with zero attached hydrogens (tertiary/aromatic N) is 1. The Labute approximate surface area is 99.5 Å². The van der Waals surface area contributed by atoms with Gasteiger partial charge in [-0.3, -0.25) is 10.2 Å². The Kier molecular flexibility index (Phi) is 2.57. The minimum absolute atomic E-state index is 0.0903. The molecule has 1 N–H and O–H groups in total. The van der Waals surface area contributed by atoms with Crippen molar-refractivity contribution in [3.05, 3.63) is 36.3 Å². The lowest BCUT2D eigenvalue weighted by Crippen LogP contribution is -2.40. The van der Waals surface area contributed by atoms with Crippen molar-refractivity contribution in [2.24, 2.45) is 0 Å². The van der Waals surface area contributed by atoms with Crippen LogP contribution in [0.4, 0.5) is 0 Å². The topological polar surface area (TPSA) is 45.5 Å². The lowest BCUT2D eigenvalue weighted by Gasteiger charge is -2.16. The van der Waals surface area contributed by atoms with Gasteiger partial charge < -0.3 is 4.42 Å². The number of nitrogens with one attached hydrogen (secondary N) is 1. The molecule has 3 aliphatic rings. The van der Waals surface area contributed by atoms with Crippen molar-refractivity contribution in [1.82, 2.24) is 10.4 Å². The third-order valence-corrected chi connectivity index (χ3v) is 3.13. The molecule has 4 heteroatoms. The molecule has 1 fully saturated rings. The first kappa shape index (κ1) is 10.4. The van der Waals surface area contributed by atoms with Crippen molar-refractivity contribution in [3.63, 3.8) is 0 Å². The second kappa shape index (κ2) is 4.22. The molecule has 88 valence electrons. The molecular formula is C13H14N2O2. The van der Waals surface area contributed by atoms with E-state index in [2.05, 4.69) is 5.43 Å². The fourth-order valence-electron chi connectivity index (χ4n) is 2.23. The maximum Gasteiger partial charge on any atom is 0.269 e. The van der Waals surface area contributed by atoms with Gasteiger partial charge >= 0.3 is 0 Å². The summed E-state index contributed by atoms with van der Waals surface area (Å²) in [5.41, 5.74) is 5.40. The highest BCUT2D eigenvalue weighted by Crippen LogP contribution is 2.26. The molecule has 0 atom stereocenters. The number of rotatable bonds is 2. The number of amides is 1. The van der Waals surface area contributed by atoms with Crippen LogP contribution in [0, 0.1) is 0 Å². The predicted octanol–water partition coefficient (Wildman–Crippen LogP) is 2.12. The summed E-state index contributed by atoms with van der Waals surface area (Å²) >= 11 is 0. The molecule has 0 unspecified atom stereocenters. The Morgan fingerprint density at radius 1 is 1.24 bits per heavy atom. The van der Waals surface area contributed by atoms with Gasteiger partial charge in [0.2, 0.25) is 0 Å². The standard InChI is InChI=1S/C13H14N2O2/c16-13(14-15-6-1-2-7-15)12-9-17-8-10-4-3-5-11(10)12/h3-5,8-9H,1-2,6-7H2,(H,14,16).